The van der Waals surface area contributed by atoms with Crippen molar-refractivity contribution in [1.82, 2.24) is 9.97 Å². The smallest absolute Gasteiger partial charge is 0.256 e. The highest BCUT2D eigenvalue weighted by Crippen LogP contribution is 2.39. The van der Waals surface area contributed by atoms with Gasteiger partial charge in [0.25, 0.3) is 5.91 Å². The van der Waals surface area contributed by atoms with Gasteiger partial charge in [-0.2, -0.15) is 4.98 Å². The van der Waals surface area contributed by atoms with Gasteiger partial charge in [0.05, 0.1) is 47.8 Å². The summed E-state index contributed by atoms with van der Waals surface area (Å²) in [4.78, 5) is 24.6. The summed E-state index contributed by atoms with van der Waals surface area (Å²) in [6.07, 6.45) is 1.48. The maximum absolute atomic E-state index is 13.4. The molecule has 1 saturated heterocycles. The van der Waals surface area contributed by atoms with Crippen molar-refractivity contribution in [2.45, 2.75) is 0 Å². The van der Waals surface area contributed by atoms with Gasteiger partial charge in [0.15, 0.2) is 11.5 Å². The first kappa shape index (κ1) is 29.3. The van der Waals surface area contributed by atoms with Crippen LogP contribution < -0.4 is 39.2 Å². The highest BCUT2D eigenvalue weighted by Gasteiger charge is 2.20. The van der Waals surface area contributed by atoms with Crippen LogP contribution in [0.2, 0.25) is 0 Å². The Kier molecular flexibility index (Phi) is 9.27. The zero-order valence-electron chi connectivity index (χ0n) is 24.4. The number of ether oxygens (including phenoxy) is 6. The Labute approximate surface area is 249 Å². The molecule has 5 rings (SSSR count). The summed E-state index contributed by atoms with van der Waals surface area (Å²) in [5, 5.41) is 6.04. The van der Waals surface area contributed by atoms with E-state index in [1.165, 1.54) is 27.5 Å². The number of anilines is 4. The predicted octanol–water partition coefficient (Wildman–Crippen LogP) is 5.14. The maximum Gasteiger partial charge on any atom is 0.256 e. The molecule has 12 nitrogen and oxygen atoms in total. The molecule has 0 spiro atoms. The molecule has 0 unspecified atom stereocenters. The summed E-state index contributed by atoms with van der Waals surface area (Å²) in [6.45, 7) is 3.14. The molecule has 0 atom stereocenters. The van der Waals surface area contributed by atoms with E-state index in [0.717, 1.165) is 24.5 Å². The van der Waals surface area contributed by atoms with E-state index >= 15 is 0 Å². The van der Waals surface area contributed by atoms with Crippen molar-refractivity contribution in [3.8, 4) is 34.6 Å². The molecular weight excluding hydrogens is 554 g/mol. The van der Waals surface area contributed by atoms with Gasteiger partial charge in [0.2, 0.25) is 17.6 Å². The third-order valence-electron chi connectivity index (χ3n) is 6.70. The number of nitrogens with zero attached hydrogens (tertiary/aromatic N) is 3. The fourth-order valence-corrected chi connectivity index (χ4v) is 4.46. The number of carbonyl (C=O) groups is 1. The van der Waals surface area contributed by atoms with E-state index in [-0.39, 0.29) is 23.1 Å². The SMILES string of the molecule is COc1ccc(Oc2nc(Nc3ccc(N4CCOCC4)cc3)ncc2NC(=O)c2cc(OC)c(OC)c(OC)c2)cc1. The van der Waals surface area contributed by atoms with E-state index in [1.807, 2.05) is 24.3 Å². The van der Waals surface area contributed by atoms with Crippen LogP contribution in [0.1, 0.15) is 10.4 Å². The summed E-state index contributed by atoms with van der Waals surface area (Å²) in [5.41, 5.74) is 2.43. The van der Waals surface area contributed by atoms with Crippen LogP contribution in [-0.2, 0) is 4.74 Å². The van der Waals surface area contributed by atoms with Crippen molar-refractivity contribution in [3.05, 3.63) is 72.4 Å². The van der Waals surface area contributed by atoms with Crippen molar-refractivity contribution in [2.24, 2.45) is 0 Å². The lowest BCUT2D eigenvalue weighted by Gasteiger charge is -2.28. The van der Waals surface area contributed by atoms with Gasteiger partial charge in [-0.3, -0.25) is 4.79 Å². The molecule has 43 heavy (non-hydrogen) atoms. The van der Waals surface area contributed by atoms with Crippen LogP contribution in [0, 0.1) is 0 Å². The van der Waals surface area contributed by atoms with E-state index in [1.54, 1.807) is 43.5 Å². The molecule has 0 bridgehead atoms. The Balaban J connectivity index is 1.40. The third-order valence-corrected chi connectivity index (χ3v) is 6.70. The first-order valence-corrected chi connectivity index (χ1v) is 13.5. The molecule has 0 radical (unpaired) electrons. The van der Waals surface area contributed by atoms with E-state index in [9.17, 15) is 4.79 Å². The van der Waals surface area contributed by atoms with E-state index < -0.39 is 5.91 Å². The van der Waals surface area contributed by atoms with Gasteiger partial charge < -0.3 is 44.0 Å². The molecule has 3 aromatic carbocycles. The Bertz CT molecular complexity index is 1520. The second-order valence-corrected chi connectivity index (χ2v) is 9.33. The topological polar surface area (TPSA) is 126 Å². The van der Waals surface area contributed by atoms with Crippen molar-refractivity contribution in [3.63, 3.8) is 0 Å². The zero-order chi connectivity index (χ0) is 30.2. The molecule has 1 aromatic heterocycles. The summed E-state index contributed by atoms with van der Waals surface area (Å²) in [5.74, 6) is 2.19. The van der Waals surface area contributed by atoms with Gasteiger partial charge in [-0.15, -0.1) is 0 Å². The van der Waals surface area contributed by atoms with Gasteiger partial charge in [-0.05, 0) is 60.7 Å². The average Bonchev–Trinajstić information content (AvgIpc) is 3.06. The predicted molar refractivity (Wildman–Crippen MR) is 162 cm³/mol. The van der Waals surface area contributed by atoms with Crippen molar-refractivity contribution in [2.75, 3.05) is 70.3 Å². The van der Waals surface area contributed by atoms with Gasteiger partial charge in [-0.1, -0.05) is 0 Å². The molecule has 0 aliphatic carbocycles. The minimum Gasteiger partial charge on any atom is -0.497 e. The first-order valence-electron chi connectivity index (χ1n) is 13.5. The fraction of sp³-hybridized carbons (Fsp3) is 0.258. The molecule has 1 amide bonds. The van der Waals surface area contributed by atoms with Crippen molar-refractivity contribution >= 4 is 28.9 Å². The normalized spacial score (nSPS) is 12.7. The van der Waals surface area contributed by atoms with E-state index in [0.29, 0.717) is 42.0 Å². The van der Waals surface area contributed by atoms with Crippen LogP contribution in [0.25, 0.3) is 0 Å². The zero-order valence-corrected chi connectivity index (χ0v) is 24.4. The summed E-state index contributed by atoms with van der Waals surface area (Å²) < 4.78 is 32.9. The van der Waals surface area contributed by atoms with Crippen molar-refractivity contribution in [1.29, 1.82) is 0 Å². The fourth-order valence-electron chi connectivity index (χ4n) is 4.46. The number of rotatable bonds is 11. The Morgan fingerprint density at radius 3 is 2.09 bits per heavy atom. The summed E-state index contributed by atoms with van der Waals surface area (Å²) in [6, 6.07) is 18.1. The van der Waals surface area contributed by atoms with Gasteiger partial charge in [-0.25, -0.2) is 4.98 Å². The van der Waals surface area contributed by atoms with Crippen LogP contribution in [0.3, 0.4) is 0 Å². The largest absolute Gasteiger partial charge is 0.497 e. The van der Waals surface area contributed by atoms with Crippen LogP contribution in [0.15, 0.2) is 66.9 Å². The maximum atomic E-state index is 13.4. The van der Waals surface area contributed by atoms with Crippen molar-refractivity contribution < 1.29 is 33.2 Å². The molecule has 0 saturated carbocycles. The van der Waals surface area contributed by atoms with Gasteiger partial charge in [0.1, 0.15) is 17.2 Å². The first-order chi connectivity index (χ1) is 21.0. The number of hydrogen-bond acceptors (Lipinski definition) is 11. The number of aromatic nitrogens is 2. The summed E-state index contributed by atoms with van der Waals surface area (Å²) in [7, 11) is 6.04. The minimum absolute atomic E-state index is 0.133. The van der Waals surface area contributed by atoms with Crippen LogP contribution >= 0.6 is 0 Å². The minimum atomic E-state index is -0.457. The van der Waals surface area contributed by atoms with Gasteiger partial charge >= 0.3 is 0 Å². The van der Waals surface area contributed by atoms with Crippen LogP contribution in [0.4, 0.5) is 23.0 Å². The van der Waals surface area contributed by atoms with Crippen LogP contribution in [-0.4, -0.2) is 70.6 Å². The molecule has 1 fully saturated rings. The van der Waals surface area contributed by atoms with Gasteiger partial charge in [0, 0.05) is 30.0 Å². The second kappa shape index (κ2) is 13.6. The second-order valence-electron chi connectivity index (χ2n) is 9.33. The molecule has 2 heterocycles. The molecule has 4 aromatic rings. The lowest BCUT2D eigenvalue weighted by Crippen LogP contribution is -2.36. The monoisotopic (exact) mass is 587 g/mol. The number of morpholine rings is 1. The Hall–Kier alpha value is -5.23. The third kappa shape index (κ3) is 6.99. The molecule has 12 heteroatoms. The Morgan fingerprint density at radius 2 is 1.49 bits per heavy atom. The quantitative estimate of drug-likeness (QED) is 0.242. The average molecular weight is 588 g/mol. The van der Waals surface area contributed by atoms with E-state index in [4.69, 9.17) is 28.4 Å². The number of carbonyl (C=O) groups excluding carboxylic acids is 1. The number of hydrogen-bond donors (Lipinski definition) is 2. The number of amides is 1. The number of methoxy groups -OCH3 is 4. The number of nitrogens with one attached hydrogen (secondary N) is 2. The highest BCUT2D eigenvalue weighted by atomic mass is 16.5. The summed E-state index contributed by atoms with van der Waals surface area (Å²) >= 11 is 0. The molecule has 1 aliphatic heterocycles. The highest BCUT2D eigenvalue weighted by molar-refractivity contribution is 6.05. The standard InChI is InChI=1S/C31H33N5O7/c1-38-23-9-11-24(12-10-23)43-30-25(34-29(37)20-17-26(39-2)28(41-4)27(18-20)40-3)19-32-31(35-30)33-21-5-7-22(8-6-21)36-13-15-42-16-14-36/h5-12,17-19H,13-16H2,1-4H3,(H,34,37)(H,32,33,35). The molecule has 2 N–H and O–H groups in total. The van der Waals surface area contributed by atoms with E-state index in [2.05, 4.69) is 25.5 Å². The lowest BCUT2D eigenvalue weighted by molar-refractivity contribution is 0.102. The lowest BCUT2D eigenvalue weighted by atomic mass is 10.1. The van der Waals surface area contributed by atoms with Crippen LogP contribution in [0.5, 0.6) is 34.6 Å². The molecule has 1 aliphatic rings. The Morgan fingerprint density at radius 1 is 0.837 bits per heavy atom. The molecular formula is C31H33N5O7. The number of benzene rings is 3. The molecule has 224 valence electrons.